The van der Waals surface area contributed by atoms with E-state index in [1.54, 1.807) is 0 Å². The molecular weight excluding hydrogens is 232 g/mol. The van der Waals surface area contributed by atoms with E-state index in [-0.39, 0.29) is 12.3 Å². The average Bonchev–Trinajstić information content (AvgIpc) is 2.36. The summed E-state index contributed by atoms with van der Waals surface area (Å²) in [5, 5.41) is 11.4. The number of unbranched alkanes of at least 4 members (excludes halogenated alkanes) is 2. The molecule has 0 aliphatic heterocycles. The van der Waals surface area contributed by atoms with Gasteiger partial charge in [-0.1, -0.05) is 20.3 Å². The fourth-order valence-corrected chi connectivity index (χ4v) is 1.92. The van der Waals surface area contributed by atoms with Crippen molar-refractivity contribution in [3.8, 4) is 0 Å². The molecule has 0 fully saturated rings. The Hall–Kier alpha value is -1.10. The minimum Gasteiger partial charge on any atom is -0.481 e. The molecule has 0 aromatic heterocycles. The van der Waals surface area contributed by atoms with Crippen molar-refractivity contribution < 1.29 is 14.7 Å². The second-order valence-electron chi connectivity index (χ2n) is 4.65. The van der Waals surface area contributed by atoms with Crippen molar-refractivity contribution in [1.82, 2.24) is 5.32 Å². The summed E-state index contributed by atoms with van der Waals surface area (Å²) in [5.74, 6) is -0.744. The standard InChI is InChI=1S/C13H26N2O3/c1-3-13(4-2,10-14)12(18)15-9-7-5-6-8-11(16)17/h3-10,14H2,1-2H3,(H,15,18)(H,16,17). The molecule has 0 aliphatic rings. The number of carbonyl (C=O) groups is 2. The van der Waals surface area contributed by atoms with Crippen molar-refractivity contribution in [3.05, 3.63) is 0 Å². The minimum atomic E-state index is -0.766. The van der Waals surface area contributed by atoms with Gasteiger partial charge in [0.2, 0.25) is 5.91 Å². The van der Waals surface area contributed by atoms with E-state index in [9.17, 15) is 9.59 Å². The Labute approximate surface area is 109 Å². The molecule has 0 rings (SSSR count). The number of hydrogen-bond acceptors (Lipinski definition) is 3. The smallest absolute Gasteiger partial charge is 0.303 e. The maximum atomic E-state index is 12.0. The van der Waals surface area contributed by atoms with Gasteiger partial charge in [-0.05, 0) is 25.7 Å². The van der Waals surface area contributed by atoms with Crippen LogP contribution in [-0.2, 0) is 9.59 Å². The van der Waals surface area contributed by atoms with Crippen LogP contribution in [0.3, 0.4) is 0 Å². The Morgan fingerprint density at radius 3 is 2.22 bits per heavy atom. The summed E-state index contributed by atoms with van der Waals surface area (Å²) in [7, 11) is 0. The van der Waals surface area contributed by atoms with Gasteiger partial charge in [-0.15, -0.1) is 0 Å². The average molecular weight is 258 g/mol. The lowest BCUT2D eigenvalue weighted by molar-refractivity contribution is -0.137. The molecule has 106 valence electrons. The quantitative estimate of drug-likeness (QED) is 0.518. The van der Waals surface area contributed by atoms with Crippen LogP contribution in [0.4, 0.5) is 0 Å². The number of carbonyl (C=O) groups excluding carboxylic acids is 1. The van der Waals surface area contributed by atoms with Crippen molar-refractivity contribution in [3.63, 3.8) is 0 Å². The first-order valence-corrected chi connectivity index (χ1v) is 6.72. The first kappa shape index (κ1) is 16.9. The van der Waals surface area contributed by atoms with Gasteiger partial charge in [0.25, 0.3) is 0 Å². The largest absolute Gasteiger partial charge is 0.481 e. The van der Waals surface area contributed by atoms with E-state index in [1.807, 2.05) is 13.8 Å². The van der Waals surface area contributed by atoms with Crippen molar-refractivity contribution in [2.45, 2.75) is 52.4 Å². The summed E-state index contributed by atoms with van der Waals surface area (Å²) in [4.78, 5) is 22.3. The van der Waals surface area contributed by atoms with Crippen LogP contribution >= 0.6 is 0 Å². The number of carboxylic acids is 1. The Balaban J connectivity index is 3.85. The fraction of sp³-hybridized carbons (Fsp3) is 0.846. The maximum absolute atomic E-state index is 12.0. The highest BCUT2D eigenvalue weighted by molar-refractivity contribution is 5.82. The molecule has 0 heterocycles. The number of nitrogens with two attached hydrogens (primary N) is 1. The van der Waals surface area contributed by atoms with Gasteiger partial charge in [-0.3, -0.25) is 9.59 Å². The molecule has 0 saturated heterocycles. The molecule has 5 heteroatoms. The topological polar surface area (TPSA) is 92.4 Å². The SMILES string of the molecule is CCC(CC)(CN)C(=O)NCCCCCC(=O)O. The van der Waals surface area contributed by atoms with Crippen LogP contribution in [0.5, 0.6) is 0 Å². The zero-order valence-corrected chi connectivity index (χ0v) is 11.5. The van der Waals surface area contributed by atoms with Gasteiger partial charge in [-0.2, -0.15) is 0 Å². The highest BCUT2D eigenvalue weighted by Gasteiger charge is 2.32. The van der Waals surface area contributed by atoms with Crippen LogP contribution in [0.25, 0.3) is 0 Å². The van der Waals surface area contributed by atoms with Gasteiger partial charge in [0, 0.05) is 19.5 Å². The molecule has 5 nitrogen and oxygen atoms in total. The normalized spacial score (nSPS) is 11.3. The third-order valence-electron chi connectivity index (χ3n) is 3.58. The van der Waals surface area contributed by atoms with Gasteiger partial charge in [0.05, 0.1) is 5.41 Å². The van der Waals surface area contributed by atoms with E-state index in [0.29, 0.717) is 19.5 Å². The van der Waals surface area contributed by atoms with Gasteiger partial charge >= 0.3 is 5.97 Å². The van der Waals surface area contributed by atoms with Gasteiger partial charge in [0.15, 0.2) is 0 Å². The first-order valence-electron chi connectivity index (χ1n) is 6.72. The molecule has 0 radical (unpaired) electrons. The van der Waals surface area contributed by atoms with E-state index in [0.717, 1.165) is 25.7 Å². The Bertz CT molecular complexity index is 255. The van der Waals surface area contributed by atoms with Crippen LogP contribution in [0.2, 0.25) is 0 Å². The fourth-order valence-electron chi connectivity index (χ4n) is 1.92. The lowest BCUT2D eigenvalue weighted by Crippen LogP contribution is -2.45. The zero-order valence-electron chi connectivity index (χ0n) is 11.5. The summed E-state index contributed by atoms with van der Waals surface area (Å²) in [6, 6.07) is 0. The number of hydrogen-bond donors (Lipinski definition) is 3. The summed E-state index contributed by atoms with van der Waals surface area (Å²) in [6.45, 7) is 4.91. The third-order valence-corrected chi connectivity index (χ3v) is 3.58. The molecule has 1 amide bonds. The summed E-state index contributed by atoms with van der Waals surface area (Å²) in [5.41, 5.74) is 5.25. The van der Waals surface area contributed by atoms with Crippen LogP contribution in [0, 0.1) is 5.41 Å². The maximum Gasteiger partial charge on any atom is 0.303 e. The molecule has 0 saturated carbocycles. The summed E-state index contributed by atoms with van der Waals surface area (Å²) in [6.07, 6.45) is 3.97. The first-order chi connectivity index (χ1) is 8.52. The van der Waals surface area contributed by atoms with Crippen molar-refractivity contribution in [1.29, 1.82) is 0 Å². The Morgan fingerprint density at radius 2 is 1.78 bits per heavy atom. The van der Waals surface area contributed by atoms with Gasteiger partial charge in [0.1, 0.15) is 0 Å². The van der Waals surface area contributed by atoms with Gasteiger partial charge in [-0.25, -0.2) is 0 Å². The number of carboxylic acid groups (broad SMARTS) is 1. The van der Waals surface area contributed by atoms with E-state index >= 15 is 0 Å². The predicted octanol–water partition coefficient (Wildman–Crippen LogP) is 1.51. The molecule has 0 atom stereocenters. The molecule has 0 aromatic carbocycles. The van der Waals surface area contributed by atoms with Crippen molar-refractivity contribution in [2.75, 3.05) is 13.1 Å². The molecule has 18 heavy (non-hydrogen) atoms. The molecule has 0 unspecified atom stereocenters. The summed E-state index contributed by atoms with van der Waals surface area (Å²) < 4.78 is 0. The lowest BCUT2D eigenvalue weighted by atomic mass is 9.81. The lowest BCUT2D eigenvalue weighted by Gasteiger charge is -2.28. The van der Waals surface area contributed by atoms with Crippen LogP contribution < -0.4 is 11.1 Å². The molecule has 0 aliphatic carbocycles. The molecule has 0 aromatic rings. The Morgan fingerprint density at radius 1 is 1.17 bits per heavy atom. The third kappa shape index (κ3) is 5.49. The zero-order chi connectivity index (χ0) is 14.0. The van der Waals surface area contributed by atoms with E-state index in [2.05, 4.69) is 5.32 Å². The number of rotatable bonds is 10. The van der Waals surface area contributed by atoms with Crippen LogP contribution in [0.1, 0.15) is 52.4 Å². The van der Waals surface area contributed by atoms with E-state index in [4.69, 9.17) is 10.8 Å². The highest BCUT2D eigenvalue weighted by atomic mass is 16.4. The second-order valence-corrected chi connectivity index (χ2v) is 4.65. The van der Waals surface area contributed by atoms with E-state index < -0.39 is 11.4 Å². The molecule has 4 N–H and O–H groups in total. The van der Waals surface area contributed by atoms with Crippen LogP contribution in [0.15, 0.2) is 0 Å². The second kappa shape index (κ2) is 8.91. The number of aliphatic carboxylic acids is 1. The Kier molecular flexibility index (Phi) is 8.37. The van der Waals surface area contributed by atoms with Crippen molar-refractivity contribution in [2.24, 2.45) is 11.1 Å². The monoisotopic (exact) mass is 258 g/mol. The number of nitrogens with one attached hydrogen (secondary N) is 1. The van der Waals surface area contributed by atoms with Crippen LogP contribution in [-0.4, -0.2) is 30.1 Å². The number of amides is 1. The molecule has 0 bridgehead atoms. The molecular formula is C13H26N2O3. The molecule has 0 spiro atoms. The highest BCUT2D eigenvalue weighted by Crippen LogP contribution is 2.24. The van der Waals surface area contributed by atoms with Crippen molar-refractivity contribution >= 4 is 11.9 Å². The van der Waals surface area contributed by atoms with Gasteiger partial charge < -0.3 is 16.2 Å². The predicted molar refractivity (Wildman–Crippen MR) is 71.2 cm³/mol. The van der Waals surface area contributed by atoms with E-state index in [1.165, 1.54) is 0 Å². The summed E-state index contributed by atoms with van der Waals surface area (Å²) >= 11 is 0. The minimum absolute atomic E-state index is 0.0215.